The highest BCUT2D eigenvalue weighted by Crippen LogP contribution is 2.21. The molecule has 0 fully saturated rings. The fourth-order valence-corrected chi connectivity index (χ4v) is 2.32. The number of methoxy groups -OCH3 is 1. The van der Waals surface area contributed by atoms with Gasteiger partial charge in [-0.25, -0.2) is 4.79 Å². The number of carbonyl (C=O) groups is 2. The average molecular weight is 368 g/mol. The zero-order valence-corrected chi connectivity index (χ0v) is 14.4. The first-order valence-electron chi connectivity index (χ1n) is 7.02. The molecule has 0 saturated carbocycles. The van der Waals surface area contributed by atoms with E-state index in [1.54, 1.807) is 19.2 Å². The summed E-state index contributed by atoms with van der Waals surface area (Å²) in [6.45, 7) is -0.158. The molecule has 7 heteroatoms. The van der Waals surface area contributed by atoms with Crippen molar-refractivity contribution in [2.24, 2.45) is 0 Å². The van der Waals surface area contributed by atoms with Gasteiger partial charge in [-0.3, -0.25) is 4.79 Å². The van der Waals surface area contributed by atoms with E-state index in [1.165, 1.54) is 12.1 Å². The Morgan fingerprint density at radius 3 is 2.62 bits per heavy atom. The number of amides is 1. The maximum Gasteiger partial charge on any atom is 0.340 e. The van der Waals surface area contributed by atoms with Crippen LogP contribution in [0.1, 0.15) is 15.9 Å². The maximum absolute atomic E-state index is 11.9. The summed E-state index contributed by atoms with van der Waals surface area (Å²) in [5.41, 5.74) is 0.930. The minimum atomic E-state index is -0.713. The lowest BCUT2D eigenvalue weighted by Crippen LogP contribution is -2.28. The van der Waals surface area contributed by atoms with E-state index in [0.717, 1.165) is 5.56 Å². The van der Waals surface area contributed by atoms with E-state index in [-0.39, 0.29) is 17.1 Å². The van der Waals surface area contributed by atoms with Crippen LogP contribution in [0.5, 0.6) is 5.75 Å². The van der Waals surface area contributed by atoms with Gasteiger partial charge in [-0.2, -0.15) is 0 Å². The SMILES string of the molecule is COc1ccccc1CNC(=O)COC(=O)c1cc(Cl)ccc1Cl. The summed E-state index contributed by atoms with van der Waals surface area (Å²) in [5.74, 6) is -0.483. The standard InChI is InChI=1S/C17H15Cl2NO4/c1-23-15-5-3-2-4-11(15)9-20-16(21)10-24-17(22)13-8-12(18)6-7-14(13)19/h2-8H,9-10H2,1H3,(H,20,21). The normalized spacial score (nSPS) is 10.1. The van der Waals surface area contributed by atoms with Gasteiger partial charge in [-0.15, -0.1) is 0 Å². The van der Waals surface area contributed by atoms with E-state index in [4.69, 9.17) is 32.7 Å². The summed E-state index contributed by atoms with van der Waals surface area (Å²) in [7, 11) is 1.55. The Kier molecular flexibility index (Phi) is 6.46. The van der Waals surface area contributed by atoms with Crippen LogP contribution in [0, 0.1) is 0 Å². The predicted molar refractivity (Wildman–Crippen MR) is 91.6 cm³/mol. The van der Waals surface area contributed by atoms with Gasteiger partial charge in [0.2, 0.25) is 0 Å². The highest BCUT2D eigenvalue weighted by Gasteiger charge is 2.14. The molecule has 0 saturated heterocycles. The van der Waals surface area contributed by atoms with E-state index in [0.29, 0.717) is 10.8 Å². The summed E-state index contributed by atoms with van der Waals surface area (Å²) < 4.78 is 10.1. The van der Waals surface area contributed by atoms with Gasteiger partial charge in [0, 0.05) is 17.1 Å². The minimum absolute atomic E-state index is 0.113. The summed E-state index contributed by atoms with van der Waals surface area (Å²) in [5, 5.41) is 3.21. The van der Waals surface area contributed by atoms with Gasteiger partial charge >= 0.3 is 5.97 Å². The third-order valence-electron chi connectivity index (χ3n) is 3.15. The number of ether oxygens (including phenoxy) is 2. The molecule has 2 rings (SSSR count). The molecule has 0 heterocycles. The summed E-state index contributed by atoms with van der Waals surface area (Å²) in [4.78, 5) is 23.7. The molecule has 0 bridgehead atoms. The van der Waals surface area contributed by atoms with Crippen molar-refractivity contribution in [3.05, 3.63) is 63.6 Å². The van der Waals surface area contributed by atoms with Crippen molar-refractivity contribution >= 4 is 35.1 Å². The van der Waals surface area contributed by atoms with Crippen LogP contribution in [-0.4, -0.2) is 25.6 Å². The number of hydrogen-bond acceptors (Lipinski definition) is 4. The number of hydrogen-bond donors (Lipinski definition) is 1. The second kappa shape index (κ2) is 8.57. The molecule has 0 aliphatic heterocycles. The first-order chi connectivity index (χ1) is 11.5. The molecule has 24 heavy (non-hydrogen) atoms. The number of para-hydroxylation sites is 1. The van der Waals surface area contributed by atoms with Crippen molar-refractivity contribution in [2.75, 3.05) is 13.7 Å². The molecule has 0 radical (unpaired) electrons. The van der Waals surface area contributed by atoms with E-state index in [9.17, 15) is 9.59 Å². The lowest BCUT2D eigenvalue weighted by molar-refractivity contribution is -0.124. The smallest absolute Gasteiger partial charge is 0.340 e. The van der Waals surface area contributed by atoms with E-state index in [1.807, 2.05) is 18.2 Å². The van der Waals surface area contributed by atoms with Crippen molar-refractivity contribution in [3.8, 4) is 5.75 Å². The average Bonchev–Trinajstić information content (AvgIpc) is 2.60. The van der Waals surface area contributed by atoms with Crippen LogP contribution in [0.3, 0.4) is 0 Å². The Morgan fingerprint density at radius 1 is 1.12 bits per heavy atom. The molecule has 0 unspecified atom stereocenters. The third kappa shape index (κ3) is 4.88. The van der Waals surface area contributed by atoms with Gasteiger partial charge in [0.1, 0.15) is 5.75 Å². The van der Waals surface area contributed by atoms with Crippen molar-refractivity contribution in [2.45, 2.75) is 6.54 Å². The van der Waals surface area contributed by atoms with Gasteiger partial charge in [0.05, 0.1) is 17.7 Å². The number of carbonyl (C=O) groups excluding carboxylic acids is 2. The maximum atomic E-state index is 11.9. The molecule has 2 aromatic carbocycles. The van der Waals surface area contributed by atoms with Crippen LogP contribution in [0.15, 0.2) is 42.5 Å². The van der Waals surface area contributed by atoms with E-state index < -0.39 is 18.5 Å². The van der Waals surface area contributed by atoms with Gasteiger partial charge in [-0.05, 0) is 24.3 Å². The first kappa shape index (κ1) is 18.1. The van der Waals surface area contributed by atoms with Crippen molar-refractivity contribution < 1.29 is 19.1 Å². The van der Waals surface area contributed by atoms with Crippen LogP contribution in [0.4, 0.5) is 0 Å². The molecule has 0 aliphatic rings. The van der Waals surface area contributed by atoms with Crippen LogP contribution in [0.25, 0.3) is 0 Å². The Hall–Kier alpha value is -2.24. The molecule has 1 N–H and O–H groups in total. The van der Waals surface area contributed by atoms with Crippen LogP contribution < -0.4 is 10.1 Å². The minimum Gasteiger partial charge on any atom is -0.496 e. The quantitative estimate of drug-likeness (QED) is 0.793. The monoisotopic (exact) mass is 367 g/mol. The number of rotatable bonds is 6. The van der Waals surface area contributed by atoms with Gasteiger partial charge in [0.15, 0.2) is 6.61 Å². The highest BCUT2D eigenvalue weighted by atomic mass is 35.5. The second-order valence-electron chi connectivity index (χ2n) is 4.79. The Balaban J connectivity index is 1.87. The summed E-state index contributed by atoms with van der Waals surface area (Å²) in [6.07, 6.45) is 0. The second-order valence-corrected chi connectivity index (χ2v) is 5.63. The molecule has 126 valence electrons. The third-order valence-corrected chi connectivity index (χ3v) is 3.72. The lowest BCUT2D eigenvalue weighted by atomic mass is 10.2. The molecule has 0 spiro atoms. The molecule has 5 nitrogen and oxygen atoms in total. The largest absolute Gasteiger partial charge is 0.496 e. The number of esters is 1. The molecule has 1 amide bonds. The topological polar surface area (TPSA) is 64.6 Å². The first-order valence-corrected chi connectivity index (χ1v) is 7.77. The molecule has 0 aliphatic carbocycles. The fraction of sp³-hybridized carbons (Fsp3) is 0.176. The zero-order chi connectivity index (χ0) is 17.5. The number of halogens is 2. The molecular weight excluding hydrogens is 353 g/mol. The molecular formula is C17H15Cl2NO4. The van der Waals surface area contributed by atoms with Crippen molar-refractivity contribution in [3.63, 3.8) is 0 Å². The van der Waals surface area contributed by atoms with Crippen LogP contribution in [-0.2, 0) is 16.1 Å². The van der Waals surface area contributed by atoms with E-state index in [2.05, 4.69) is 5.32 Å². The zero-order valence-electron chi connectivity index (χ0n) is 12.8. The fourth-order valence-electron chi connectivity index (χ4n) is 1.96. The van der Waals surface area contributed by atoms with Crippen LogP contribution >= 0.6 is 23.2 Å². The molecule has 0 aromatic heterocycles. The molecule has 0 atom stereocenters. The molecule has 2 aromatic rings. The Labute approximate surface area is 149 Å². The van der Waals surface area contributed by atoms with Gasteiger partial charge in [-0.1, -0.05) is 41.4 Å². The Morgan fingerprint density at radius 2 is 1.88 bits per heavy atom. The predicted octanol–water partition coefficient (Wildman–Crippen LogP) is 3.48. The summed E-state index contributed by atoms with van der Waals surface area (Å²) >= 11 is 11.7. The van der Waals surface area contributed by atoms with E-state index >= 15 is 0 Å². The Bertz CT molecular complexity index is 749. The van der Waals surface area contributed by atoms with Gasteiger partial charge in [0.25, 0.3) is 5.91 Å². The summed E-state index contributed by atoms with van der Waals surface area (Å²) in [6, 6.07) is 11.7. The van der Waals surface area contributed by atoms with Crippen molar-refractivity contribution in [1.82, 2.24) is 5.32 Å². The lowest BCUT2D eigenvalue weighted by Gasteiger charge is -2.10. The van der Waals surface area contributed by atoms with Crippen LogP contribution in [0.2, 0.25) is 10.0 Å². The highest BCUT2D eigenvalue weighted by molar-refractivity contribution is 6.35. The van der Waals surface area contributed by atoms with Crippen molar-refractivity contribution in [1.29, 1.82) is 0 Å². The number of benzene rings is 2. The van der Waals surface area contributed by atoms with Gasteiger partial charge < -0.3 is 14.8 Å². The number of nitrogens with one attached hydrogen (secondary N) is 1.